The van der Waals surface area contributed by atoms with Crippen molar-refractivity contribution in [2.24, 2.45) is 0 Å². The van der Waals surface area contributed by atoms with Gasteiger partial charge in [0.15, 0.2) is 0 Å². The minimum absolute atomic E-state index is 0.179. The molecule has 5 nitrogen and oxygen atoms in total. The molecule has 0 bridgehead atoms. The van der Waals surface area contributed by atoms with Crippen LogP contribution in [0.4, 0.5) is 15.8 Å². The van der Waals surface area contributed by atoms with Crippen molar-refractivity contribution in [2.75, 3.05) is 23.9 Å². The van der Waals surface area contributed by atoms with Crippen molar-refractivity contribution in [3.63, 3.8) is 0 Å². The molecule has 30 heavy (non-hydrogen) atoms. The standard InChI is InChI=1S/C24H21FN2O3/c1-30-22-7-3-2-6-20(22)26-23(28)18-10-13-21-17(15-18)5-4-14-27(21)24(29)16-8-11-19(25)12-9-16/h2-3,6-13,15H,4-5,14H2,1H3,(H,26,28). The van der Waals surface area contributed by atoms with Gasteiger partial charge in [0.1, 0.15) is 11.6 Å². The molecule has 152 valence electrons. The van der Waals surface area contributed by atoms with E-state index in [2.05, 4.69) is 5.32 Å². The maximum absolute atomic E-state index is 13.2. The minimum atomic E-state index is -0.378. The van der Waals surface area contributed by atoms with Crippen LogP contribution >= 0.6 is 0 Å². The molecule has 0 saturated carbocycles. The highest BCUT2D eigenvalue weighted by Crippen LogP contribution is 2.30. The van der Waals surface area contributed by atoms with Crippen LogP contribution in [0.15, 0.2) is 66.7 Å². The number of anilines is 2. The lowest BCUT2D eigenvalue weighted by Gasteiger charge is -2.30. The average molecular weight is 404 g/mol. The first-order valence-corrected chi connectivity index (χ1v) is 9.71. The first kappa shape index (κ1) is 19.6. The molecular weight excluding hydrogens is 383 g/mol. The smallest absolute Gasteiger partial charge is 0.258 e. The van der Waals surface area contributed by atoms with Crippen LogP contribution in [0.5, 0.6) is 5.75 Å². The highest BCUT2D eigenvalue weighted by Gasteiger charge is 2.24. The molecule has 1 aliphatic rings. The maximum Gasteiger partial charge on any atom is 0.258 e. The molecule has 3 aromatic rings. The van der Waals surface area contributed by atoms with E-state index in [9.17, 15) is 14.0 Å². The monoisotopic (exact) mass is 404 g/mol. The number of carbonyl (C=O) groups excluding carboxylic acids is 2. The number of halogens is 1. The normalized spacial score (nSPS) is 12.8. The van der Waals surface area contributed by atoms with Crippen molar-refractivity contribution in [1.82, 2.24) is 0 Å². The molecule has 0 atom stereocenters. The number of nitrogens with zero attached hydrogens (tertiary/aromatic N) is 1. The van der Waals surface area contributed by atoms with Crippen LogP contribution in [0.1, 0.15) is 32.7 Å². The van der Waals surface area contributed by atoms with Crippen LogP contribution < -0.4 is 15.0 Å². The average Bonchev–Trinajstić information content (AvgIpc) is 2.78. The summed E-state index contributed by atoms with van der Waals surface area (Å²) >= 11 is 0. The summed E-state index contributed by atoms with van der Waals surface area (Å²) in [6.45, 7) is 0.579. The number of benzene rings is 3. The largest absolute Gasteiger partial charge is 0.495 e. The van der Waals surface area contributed by atoms with E-state index in [1.54, 1.807) is 36.3 Å². The van der Waals surface area contributed by atoms with E-state index in [4.69, 9.17) is 4.74 Å². The van der Waals surface area contributed by atoms with Gasteiger partial charge in [-0.2, -0.15) is 0 Å². The number of hydrogen-bond donors (Lipinski definition) is 1. The molecule has 0 unspecified atom stereocenters. The summed E-state index contributed by atoms with van der Waals surface area (Å²) < 4.78 is 18.5. The Balaban J connectivity index is 1.58. The molecule has 2 amide bonds. The molecular formula is C24H21FN2O3. The summed E-state index contributed by atoms with van der Waals surface area (Å²) in [4.78, 5) is 27.4. The second kappa shape index (κ2) is 8.37. The first-order valence-electron chi connectivity index (χ1n) is 9.71. The van der Waals surface area contributed by atoms with Crippen molar-refractivity contribution in [2.45, 2.75) is 12.8 Å². The first-order chi connectivity index (χ1) is 14.6. The van der Waals surface area contributed by atoms with E-state index in [-0.39, 0.29) is 17.6 Å². The summed E-state index contributed by atoms with van der Waals surface area (Å²) in [5.41, 5.74) is 3.25. The molecule has 6 heteroatoms. The zero-order valence-corrected chi connectivity index (χ0v) is 16.5. The highest BCUT2D eigenvalue weighted by molar-refractivity contribution is 6.08. The third-order valence-electron chi connectivity index (χ3n) is 5.15. The Morgan fingerprint density at radius 2 is 1.73 bits per heavy atom. The second-order valence-corrected chi connectivity index (χ2v) is 7.07. The fourth-order valence-electron chi connectivity index (χ4n) is 3.64. The Hall–Kier alpha value is -3.67. The molecule has 1 aliphatic heterocycles. The quantitative estimate of drug-likeness (QED) is 0.687. The van der Waals surface area contributed by atoms with Gasteiger partial charge >= 0.3 is 0 Å². The van der Waals surface area contributed by atoms with Gasteiger partial charge in [-0.05, 0) is 73.0 Å². The Morgan fingerprint density at radius 1 is 1.00 bits per heavy atom. The maximum atomic E-state index is 13.2. The van der Waals surface area contributed by atoms with Crippen LogP contribution in [0.25, 0.3) is 0 Å². The Bertz CT molecular complexity index is 1100. The van der Waals surface area contributed by atoms with Crippen LogP contribution in [0.3, 0.4) is 0 Å². The van der Waals surface area contributed by atoms with Gasteiger partial charge in [-0.15, -0.1) is 0 Å². The number of methoxy groups -OCH3 is 1. The van der Waals surface area contributed by atoms with E-state index in [1.165, 1.54) is 24.3 Å². The van der Waals surface area contributed by atoms with Crippen LogP contribution in [0.2, 0.25) is 0 Å². The fraction of sp³-hybridized carbons (Fsp3) is 0.167. The van der Waals surface area contributed by atoms with Gasteiger partial charge in [-0.1, -0.05) is 12.1 Å². The molecule has 0 aliphatic carbocycles. The molecule has 3 aromatic carbocycles. The highest BCUT2D eigenvalue weighted by atomic mass is 19.1. The fourth-order valence-corrected chi connectivity index (χ4v) is 3.64. The molecule has 0 radical (unpaired) electrons. The number of rotatable bonds is 4. The number of para-hydroxylation sites is 2. The topological polar surface area (TPSA) is 58.6 Å². The Morgan fingerprint density at radius 3 is 2.50 bits per heavy atom. The Labute approximate surface area is 174 Å². The number of amides is 2. The summed E-state index contributed by atoms with van der Waals surface area (Å²) in [6.07, 6.45) is 1.57. The van der Waals surface area contributed by atoms with Gasteiger partial charge < -0.3 is 15.0 Å². The van der Waals surface area contributed by atoms with Gasteiger partial charge in [0.05, 0.1) is 12.8 Å². The van der Waals surface area contributed by atoms with E-state index in [1.807, 2.05) is 18.2 Å². The summed E-state index contributed by atoms with van der Waals surface area (Å²) in [5.74, 6) is -0.220. The lowest BCUT2D eigenvalue weighted by Crippen LogP contribution is -2.35. The molecule has 0 aromatic heterocycles. The zero-order chi connectivity index (χ0) is 21.1. The lowest BCUT2D eigenvalue weighted by atomic mass is 9.98. The molecule has 1 N–H and O–H groups in total. The minimum Gasteiger partial charge on any atom is -0.495 e. The van der Waals surface area contributed by atoms with Crippen LogP contribution in [-0.4, -0.2) is 25.5 Å². The summed E-state index contributed by atoms with van der Waals surface area (Å²) in [5, 5.41) is 2.87. The third-order valence-corrected chi connectivity index (χ3v) is 5.15. The number of fused-ring (bicyclic) bond motifs is 1. The SMILES string of the molecule is COc1ccccc1NC(=O)c1ccc2c(c1)CCCN2C(=O)c1ccc(F)cc1. The van der Waals surface area contributed by atoms with E-state index in [0.29, 0.717) is 29.1 Å². The molecule has 0 spiro atoms. The predicted molar refractivity (Wildman–Crippen MR) is 114 cm³/mol. The van der Waals surface area contributed by atoms with E-state index < -0.39 is 0 Å². The molecule has 1 heterocycles. The zero-order valence-electron chi connectivity index (χ0n) is 16.5. The van der Waals surface area contributed by atoms with Crippen molar-refractivity contribution < 1.29 is 18.7 Å². The molecule has 4 rings (SSSR count). The number of ether oxygens (including phenoxy) is 1. The number of carbonyl (C=O) groups is 2. The number of nitrogens with one attached hydrogen (secondary N) is 1. The second-order valence-electron chi connectivity index (χ2n) is 7.07. The van der Waals surface area contributed by atoms with E-state index in [0.717, 1.165) is 24.1 Å². The number of aryl methyl sites for hydroxylation is 1. The Kier molecular flexibility index (Phi) is 5.48. The van der Waals surface area contributed by atoms with E-state index >= 15 is 0 Å². The van der Waals surface area contributed by atoms with Gasteiger partial charge in [-0.3, -0.25) is 9.59 Å². The molecule has 0 fully saturated rings. The van der Waals surface area contributed by atoms with Gasteiger partial charge in [-0.25, -0.2) is 4.39 Å². The van der Waals surface area contributed by atoms with Gasteiger partial charge in [0, 0.05) is 23.4 Å². The van der Waals surface area contributed by atoms with Crippen molar-refractivity contribution in [1.29, 1.82) is 0 Å². The van der Waals surface area contributed by atoms with Crippen LogP contribution in [0, 0.1) is 5.82 Å². The summed E-state index contributed by atoms with van der Waals surface area (Å²) in [7, 11) is 1.55. The van der Waals surface area contributed by atoms with Crippen molar-refractivity contribution in [3.8, 4) is 5.75 Å². The van der Waals surface area contributed by atoms with Gasteiger partial charge in [0.25, 0.3) is 11.8 Å². The summed E-state index contributed by atoms with van der Waals surface area (Å²) in [6, 6.07) is 18.1. The lowest BCUT2D eigenvalue weighted by molar-refractivity contribution is 0.0984. The van der Waals surface area contributed by atoms with Crippen LogP contribution in [-0.2, 0) is 6.42 Å². The number of hydrogen-bond acceptors (Lipinski definition) is 3. The van der Waals surface area contributed by atoms with Crippen molar-refractivity contribution >= 4 is 23.2 Å². The van der Waals surface area contributed by atoms with Gasteiger partial charge in [0.2, 0.25) is 0 Å². The predicted octanol–water partition coefficient (Wildman–Crippen LogP) is 4.68. The van der Waals surface area contributed by atoms with Crippen molar-refractivity contribution in [3.05, 3.63) is 89.2 Å². The molecule has 0 saturated heterocycles. The third kappa shape index (κ3) is 3.89.